The van der Waals surface area contributed by atoms with Crippen LogP contribution in [0.4, 0.5) is 11.4 Å². The summed E-state index contributed by atoms with van der Waals surface area (Å²) >= 11 is 1.23. The van der Waals surface area contributed by atoms with Crippen LogP contribution < -0.4 is 15.5 Å². The Morgan fingerprint density at radius 3 is 2.87 bits per heavy atom. The number of nitrogens with one attached hydrogen (secondary N) is 2. The minimum atomic E-state index is -0.299. The second-order valence-electron chi connectivity index (χ2n) is 7.00. The standard InChI is InChI=1S/C21H20N6O2S/c28-19(24-16-11-23-6-5-17(16)26-9-7-22-8-10-26)20-25-18(13-30-20)27-12-14-3-1-2-4-15(14)21(27)29/h1-6,11-13,22,29H,7-10H2,(H,24,28). The molecule has 0 aliphatic carbocycles. The van der Waals surface area contributed by atoms with Crippen molar-refractivity contribution in [2.24, 2.45) is 0 Å². The number of thiazole rings is 1. The first-order valence-electron chi connectivity index (χ1n) is 9.67. The van der Waals surface area contributed by atoms with Gasteiger partial charge in [-0.05, 0) is 12.1 Å². The number of carbonyl (C=O) groups is 1. The van der Waals surface area contributed by atoms with Crippen LogP contribution in [0.2, 0.25) is 0 Å². The molecule has 1 aliphatic rings. The van der Waals surface area contributed by atoms with Gasteiger partial charge in [0.15, 0.2) is 10.8 Å². The van der Waals surface area contributed by atoms with Gasteiger partial charge in [0.05, 0.1) is 17.6 Å². The van der Waals surface area contributed by atoms with Gasteiger partial charge in [-0.3, -0.25) is 14.3 Å². The second-order valence-corrected chi connectivity index (χ2v) is 7.86. The van der Waals surface area contributed by atoms with Crippen molar-refractivity contribution < 1.29 is 9.90 Å². The van der Waals surface area contributed by atoms with E-state index in [1.54, 1.807) is 22.3 Å². The van der Waals surface area contributed by atoms with Gasteiger partial charge in [0.2, 0.25) is 5.88 Å². The highest BCUT2D eigenvalue weighted by molar-refractivity contribution is 7.12. The largest absolute Gasteiger partial charge is 0.494 e. The molecule has 30 heavy (non-hydrogen) atoms. The van der Waals surface area contributed by atoms with Crippen LogP contribution in [0.5, 0.6) is 5.88 Å². The zero-order valence-electron chi connectivity index (χ0n) is 16.1. The van der Waals surface area contributed by atoms with Gasteiger partial charge in [-0.1, -0.05) is 18.2 Å². The third kappa shape index (κ3) is 3.38. The normalized spacial score (nSPS) is 14.2. The molecule has 4 heterocycles. The van der Waals surface area contributed by atoms with Gasteiger partial charge in [-0.15, -0.1) is 11.3 Å². The third-order valence-electron chi connectivity index (χ3n) is 5.14. The molecule has 1 aromatic carbocycles. The van der Waals surface area contributed by atoms with Crippen molar-refractivity contribution >= 4 is 39.4 Å². The van der Waals surface area contributed by atoms with E-state index in [1.807, 2.05) is 36.5 Å². The van der Waals surface area contributed by atoms with E-state index in [-0.39, 0.29) is 11.8 Å². The first-order chi connectivity index (χ1) is 14.7. The average Bonchev–Trinajstić information content (AvgIpc) is 3.40. The predicted molar refractivity (Wildman–Crippen MR) is 118 cm³/mol. The van der Waals surface area contributed by atoms with Gasteiger partial charge in [-0.2, -0.15) is 0 Å². The van der Waals surface area contributed by atoms with E-state index in [1.165, 1.54) is 11.3 Å². The SMILES string of the molecule is O=C(Nc1cnccc1N1CCNCC1)c1nc(-n2cc3ccccc3c2O)cs1. The monoisotopic (exact) mass is 420 g/mol. The van der Waals surface area contributed by atoms with Gasteiger partial charge >= 0.3 is 0 Å². The first kappa shape index (κ1) is 18.6. The number of carbonyl (C=O) groups excluding carboxylic acids is 1. The Bertz CT molecular complexity index is 1210. The van der Waals surface area contributed by atoms with Crippen LogP contribution >= 0.6 is 11.3 Å². The van der Waals surface area contributed by atoms with Crippen LogP contribution in [0, 0.1) is 0 Å². The number of amides is 1. The molecule has 0 unspecified atom stereocenters. The van der Waals surface area contributed by atoms with E-state index in [4.69, 9.17) is 0 Å². The van der Waals surface area contributed by atoms with Gasteiger partial charge < -0.3 is 20.6 Å². The van der Waals surface area contributed by atoms with Crippen molar-refractivity contribution in [3.05, 3.63) is 59.3 Å². The van der Waals surface area contributed by atoms with E-state index in [0.717, 1.165) is 42.6 Å². The van der Waals surface area contributed by atoms with Crippen LogP contribution in [-0.4, -0.2) is 51.7 Å². The zero-order chi connectivity index (χ0) is 20.5. The first-order valence-corrected chi connectivity index (χ1v) is 10.5. The Balaban J connectivity index is 1.39. The number of nitrogens with zero attached hydrogens (tertiary/aromatic N) is 4. The second kappa shape index (κ2) is 7.77. The molecular formula is C21H20N6O2S. The molecular weight excluding hydrogens is 400 g/mol. The number of aromatic hydroxyl groups is 1. The van der Waals surface area contributed by atoms with E-state index in [0.29, 0.717) is 16.5 Å². The minimum absolute atomic E-state index is 0.108. The van der Waals surface area contributed by atoms with E-state index < -0.39 is 0 Å². The summed E-state index contributed by atoms with van der Waals surface area (Å²) in [6.45, 7) is 3.55. The molecule has 0 spiro atoms. The van der Waals surface area contributed by atoms with Crippen molar-refractivity contribution in [3.63, 3.8) is 0 Å². The lowest BCUT2D eigenvalue weighted by molar-refractivity contribution is 0.102. The van der Waals surface area contributed by atoms with Crippen LogP contribution in [0.3, 0.4) is 0 Å². The molecule has 3 N–H and O–H groups in total. The van der Waals surface area contributed by atoms with E-state index >= 15 is 0 Å². The fraction of sp³-hybridized carbons (Fsp3) is 0.190. The van der Waals surface area contributed by atoms with Gasteiger partial charge in [0.25, 0.3) is 5.91 Å². The number of pyridine rings is 1. The van der Waals surface area contributed by atoms with Crippen LogP contribution in [-0.2, 0) is 0 Å². The molecule has 1 aliphatic heterocycles. The summed E-state index contributed by atoms with van der Waals surface area (Å²) in [6, 6.07) is 9.47. The van der Waals surface area contributed by atoms with E-state index in [9.17, 15) is 9.90 Å². The fourth-order valence-electron chi connectivity index (χ4n) is 3.64. The Hall–Kier alpha value is -3.43. The highest BCUT2D eigenvalue weighted by atomic mass is 32.1. The maximum Gasteiger partial charge on any atom is 0.284 e. The minimum Gasteiger partial charge on any atom is -0.494 e. The molecule has 4 aromatic rings. The maximum absolute atomic E-state index is 12.9. The molecule has 9 heteroatoms. The number of hydrogen-bond donors (Lipinski definition) is 3. The molecule has 1 amide bonds. The van der Waals surface area contributed by atoms with Crippen molar-refractivity contribution in [3.8, 4) is 11.7 Å². The summed E-state index contributed by atoms with van der Waals surface area (Å²) in [4.78, 5) is 23.7. The Morgan fingerprint density at radius 1 is 1.20 bits per heavy atom. The summed E-state index contributed by atoms with van der Waals surface area (Å²) in [5, 5.41) is 20.5. The summed E-state index contributed by atoms with van der Waals surface area (Å²) in [6.07, 6.45) is 5.20. The number of benzene rings is 1. The highest BCUT2D eigenvalue weighted by Gasteiger charge is 2.19. The topological polar surface area (TPSA) is 95.3 Å². The van der Waals surface area contributed by atoms with E-state index in [2.05, 4.69) is 25.5 Å². The number of anilines is 2. The van der Waals surface area contributed by atoms with Gasteiger partial charge in [0.1, 0.15) is 0 Å². The van der Waals surface area contributed by atoms with Crippen LogP contribution in [0.1, 0.15) is 9.80 Å². The van der Waals surface area contributed by atoms with Crippen LogP contribution in [0.25, 0.3) is 16.6 Å². The number of rotatable bonds is 4. The van der Waals surface area contributed by atoms with Crippen molar-refractivity contribution in [2.45, 2.75) is 0 Å². The predicted octanol–water partition coefficient (Wildman–Crippen LogP) is 2.85. The molecule has 1 saturated heterocycles. The number of hydrogen-bond acceptors (Lipinski definition) is 7. The van der Waals surface area contributed by atoms with Gasteiger partial charge in [0, 0.05) is 54.7 Å². The quantitative estimate of drug-likeness (QED) is 0.470. The zero-order valence-corrected chi connectivity index (χ0v) is 16.9. The van der Waals surface area contributed by atoms with Gasteiger partial charge in [-0.25, -0.2) is 4.98 Å². The molecule has 1 fully saturated rings. The Kier molecular flexibility index (Phi) is 4.82. The molecule has 8 nitrogen and oxygen atoms in total. The summed E-state index contributed by atoms with van der Waals surface area (Å²) in [7, 11) is 0. The van der Waals surface area contributed by atoms with Crippen molar-refractivity contribution in [1.82, 2.24) is 19.9 Å². The van der Waals surface area contributed by atoms with Crippen molar-refractivity contribution in [1.29, 1.82) is 0 Å². The molecule has 5 rings (SSSR count). The smallest absolute Gasteiger partial charge is 0.284 e. The average molecular weight is 420 g/mol. The summed E-state index contributed by atoms with van der Waals surface area (Å²) < 4.78 is 1.59. The highest BCUT2D eigenvalue weighted by Crippen LogP contribution is 2.31. The maximum atomic E-state index is 12.9. The summed E-state index contributed by atoms with van der Waals surface area (Å²) in [5.74, 6) is 0.315. The number of aromatic nitrogens is 3. The van der Waals surface area contributed by atoms with Crippen molar-refractivity contribution in [2.75, 3.05) is 36.4 Å². The number of piperazine rings is 1. The summed E-state index contributed by atoms with van der Waals surface area (Å²) in [5.41, 5.74) is 1.61. The Labute approximate surface area is 176 Å². The molecule has 0 bridgehead atoms. The molecule has 0 radical (unpaired) electrons. The lowest BCUT2D eigenvalue weighted by atomic mass is 10.2. The molecule has 0 saturated carbocycles. The molecule has 152 valence electrons. The van der Waals surface area contributed by atoms with Crippen LogP contribution in [0.15, 0.2) is 54.3 Å². The lowest BCUT2D eigenvalue weighted by Crippen LogP contribution is -2.43. The molecule has 0 atom stereocenters. The lowest BCUT2D eigenvalue weighted by Gasteiger charge is -2.30. The third-order valence-corrected chi connectivity index (χ3v) is 5.96. The Morgan fingerprint density at radius 2 is 2.03 bits per heavy atom. The molecule has 3 aromatic heterocycles. The fourth-order valence-corrected chi connectivity index (χ4v) is 4.33. The number of fused-ring (bicyclic) bond motifs is 1.